The van der Waals surface area contributed by atoms with Gasteiger partial charge in [0, 0.05) is 23.8 Å². The number of nitrogens with one attached hydrogen (secondary N) is 2. The van der Waals surface area contributed by atoms with Crippen molar-refractivity contribution in [1.29, 1.82) is 0 Å². The van der Waals surface area contributed by atoms with Gasteiger partial charge in [0.2, 0.25) is 0 Å². The standard InChI is InChI=1S/C20H31N3/c1-5-14-8-9-17(15(6-2)10-14)23-19-16(7-3)12-22-20-18(19)13(4)11-21-20/h11-12,14-15,17H,5-10H2,1-4H3,(H2,21,22,23). The van der Waals surface area contributed by atoms with E-state index in [1.807, 2.05) is 6.20 Å². The summed E-state index contributed by atoms with van der Waals surface area (Å²) in [5.74, 6) is 1.72. The summed E-state index contributed by atoms with van der Waals surface area (Å²) in [5.41, 5.74) is 4.97. The van der Waals surface area contributed by atoms with Gasteiger partial charge in [-0.25, -0.2) is 4.98 Å². The van der Waals surface area contributed by atoms with Crippen molar-refractivity contribution in [2.75, 3.05) is 5.32 Å². The molecule has 1 aliphatic carbocycles. The molecule has 126 valence electrons. The molecule has 23 heavy (non-hydrogen) atoms. The van der Waals surface area contributed by atoms with Gasteiger partial charge in [0.05, 0.1) is 5.69 Å². The molecule has 3 rings (SSSR count). The number of fused-ring (bicyclic) bond motifs is 1. The van der Waals surface area contributed by atoms with Crippen molar-refractivity contribution in [3.05, 3.63) is 23.5 Å². The van der Waals surface area contributed by atoms with Crippen LogP contribution in [0.2, 0.25) is 0 Å². The molecule has 0 bridgehead atoms. The highest BCUT2D eigenvalue weighted by Gasteiger charge is 2.29. The normalized spacial score (nSPS) is 25.0. The Morgan fingerprint density at radius 2 is 2.04 bits per heavy atom. The minimum absolute atomic E-state index is 0.605. The maximum atomic E-state index is 4.60. The van der Waals surface area contributed by atoms with Crippen molar-refractivity contribution in [3.8, 4) is 0 Å². The average Bonchev–Trinajstić information content (AvgIpc) is 2.97. The largest absolute Gasteiger partial charge is 0.381 e. The van der Waals surface area contributed by atoms with Gasteiger partial charge in [-0.1, -0.05) is 33.6 Å². The first kappa shape index (κ1) is 16.4. The van der Waals surface area contributed by atoms with Gasteiger partial charge in [-0.3, -0.25) is 0 Å². The Kier molecular flexibility index (Phi) is 4.93. The summed E-state index contributed by atoms with van der Waals surface area (Å²) in [6.45, 7) is 9.09. The van der Waals surface area contributed by atoms with Crippen molar-refractivity contribution in [3.63, 3.8) is 0 Å². The molecule has 2 aromatic heterocycles. The van der Waals surface area contributed by atoms with Crippen molar-refractivity contribution in [2.24, 2.45) is 11.8 Å². The zero-order valence-corrected chi connectivity index (χ0v) is 15.1. The minimum atomic E-state index is 0.605. The molecule has 2 heterocycles. The van der Waals surface area contributed by atoms with E-state index in [1.165, 1.54) is 54.3 Å². The number of aromatic amines is 1. The second-order valence-electron chi connectivity index (χ2n) is 7.21. The molecule has 0 radical (unpaired) electrons. The lowest BCUT2D eigenvalue weighted by atomic mass is 9.75. The molecular weight excluding hydrogens is 282 g/mol. The number of pyridine rings is 1. The van der Waals surface area contributed by atoms with E-state index >= 15 is 0 Å². The highest BCUT2D eigenvalue weighted by atomic mass is 15.0. The number of hydrogen-bond donors (Lipinski definition) is 2. The first-order chi connectivity index (χ1) is 11.2. The molecule has 0 saturated heterocycles. The van der Waals surface area contributed by atoms with E-state index in [0.717, 1.165) is 23.9 Å². The lowest BCUT2D eigenvalue weighted by Gasteiger charge is -2.37. The van der Waals surface area contributed by atoms with Gasteiger partial charge in [-0.2, -0.15) is 0 Å². The number of nitrogens with zero attached hydrogens (tertiary/aromatic N) is 1. The number of aromatic nitrogens is 2. The quantitative estimate of drug-likeness (QED) is 0.770. The van der Waals surface area contributed by atoms with E-state index < -0.39 is 0 Å². The second-order valence-corrected chi connectivity index (χ2v) is 7.21. The number of aryl methyl sites for hydroxylation is 2. The van der Waals surface area contributed by atoms with E-state index in [-0.39, 0.29) is 0 Å². The van der Waals surface area contributed by atoms with Crippen LogP contribution in [0.4, 0.5) is 5.69 Å². The van der Waals surface area contributed by atoms with Crippen molar-refractivity contribution in [1.82, 2.24) is 9.97 Å². The van der Waals surface area contributed by atoms with Gasteiger partial charge >= 0.3 is 0 Å². The van der Waals surface area contributed by atoms with Crippen molar-refractivity contribution in [2.45, 2.75) is 72.3 Å². The van der Waals surface area contributed by atoms with Crippen LogP contribution < -0.4 is 5.32 Å². The first-order valence-electron chi connectivity index (χ1n) is 9.39. The number of H-pyrrole nitrogens is 1. The molecule has 3 heteroatoms. The van der Waals surface area contributed by atoms with Crippen molar-refractivity contribution < 1.29 is 0 Å². The molecule has 2 N–H and O–H groups in total. The Balaban J connectivity index is 1.92. The van der Waals surface area contributed by atoms with Gasteiger partial charge in [0.25, 0.3) is 0 Å². The van der Waals surface area contributed by atoms with Gasteiger partial charge in [0.1, 0.15) is 5.65 Å². The summed E-state index contributed by atoms with van der Waals surface area (Å²) >= 11 is 0. The maximum Gasteiger partial charge on any atom is 0.139 e. The van der Waals surface area contributed by atoms with Crippen LogP contribution in [0.3, 0.4) is 0 Å². The van der Waals surface area contributed by atoms with Crippen LogP contribution in [0.15, 0.2) is 12.4 Å². The van der Waals surface area contributed by atoms with E-state index in [1.54, 1.807) is 0 Å². The molecule has 0 aliphatic heterocycles. The molecule has 3 unspecified atom stereocenters. The number of hydrogen-bond acceptors (Lipinski definition) is 2. The molecule has 0 spiro atoms. The summed E-state index contributed by atoms with van der Waals surface area (Å²) in [7, 11) is 0. The lowest BCUT2D eigenvalue weighted by molar-refractivity contribution is 0.234. The van der Waals surface area contributed by atoms with Crippen LogP contribution in [0.1, 0.15) is 64.0 Å². The molecule has 0 aromatic carbocycles. The van der Waals surface area contributed by atoms with Crippen LogP contribution in [0.5, 0.6) is 0 Å². The molecule has 1 aliphatic rings. The van der Waals surface area contributed by atoms with Crippen molar-refractivity contribution >= 4 is 16.7 Å². The minimum Gasteiger partial charge on any atom is -0.381 e. The topological polar surface area (TPSA) is 40.7 Å². The number of rotatable bonds is 5. The van der Waals surface area contributed by atoms with Crippen LogP contribution >= 0.6 is 0 Å². The fourth-order valence-corrected chi connectivity index (χ4v) is 4.28. The summed E-state index contributed by atoms with van der Waals surface area (Å²) < 4.78 is 0. The third-order valence-corrected chi connectivity index (χ3v) is 5.88. The smallest absolute Gasteiger partial charge is 0.139 e. The monoisotopic (exact) mass is 313 g/mol. The number of anilines is 1. The predicted molar refractivity (Wildman–Crippen MR) is 99.0 cm³/mol. The lowest BCUT2D eigenvalue weighted by Crippen LogP contribution is -2.35. The first-order valence-corrected chi connectivity index (χ1v) is 9.39. The fourth-order valence-electron chi connectivity index (χ4n) is 4.28. The molecule has 1 saturated carbocycles. The van der Waals surface area contributed by atoms with Crippen LogP contribution in [0.25, 0.3) is 11.0 Å². The third kappa shape index (κ3) is 3.11. The van der Waals surface area contributed by atoms with Crippen LogP contribution in [-0.2, 0) is 6.42 Å². The Hall–Kier alpha value is -1.51. The fraction of sp³-hybridized carbons (Fsp3) is 0.650. The average molecular weight is 313 g/mol. The van der Waals surface area contributed by atoms with Gasteiger partial charge in [-0.05, 0) is 55.6 Å². The zero-order valence-electron chi connectivity index (χ0n) is 15.1. The second kappa shape index (κ2) is 6.94. The highest BCUT2D eigenvalue weighted by Crippen LogP contribution is 2.37. The highest BCUT2D eigenvalue weighted by molar-refractivity contribution is 5.94. The molecular formula is C20H31N3. The van der Waals surface area contributed by atoms with Gasteiger partial charge < -0.3 is 10.3 Å². The van der Waals surface area contributed by atoms with Crippen LogP contribution in [0, 0.1) is 18.8 Å². The van der Waals surface area contributed by atoms with E-state index in [0.29, 0.717) is 6.04 Å². The summed E-state index contributed by atoms with van der Waals surface area (Å²) in [5, 5.41) is 5.24. The predicted octanol–water partition coefficient (Wildman–Crippen LogP) is 5.45. The van der Waals surface area contributed by atoms with E-state index in [4.69, 9.17) is 0 Å². The van der Waals surface area contributed by atoms with Gasteiger partial charge in [0.15, 0.2) is 0 Å². The summed E-state index contributed by atoms with van der Waals surface area (Å²) in [6, 6.07) is 0.605. The van der Waals surface area contributed by atoms with E-state index in [9.17, 15) is 0 Å². The Morgan fingerprint density at radius 3 is 2.74 bits per heavy atom. The molecule has 3 nitrogen and oxygen atoms in total. The zero-order chi connectivity index (χ0) is 16.4. The SMILES string of the molecule is CCc1cnc2[nH]cc(C)c2c1NC1CCC(CC)CC1CC. The van der Waals surface area contributed by atoms with Gasteiger partial charge in [-0.15, -0.1) is 0 Å². The Morgan fingerprint density at radius 1 is 1.22 bits per heavy atom. The summed E-state index contributed by atoms with van der Waals surface area (Å²) in [6.07, 6.45) is 11.8. The Bertz CT molecular complexity index is 658. The Labute approximate surface area is 140 Å². The summed E-state index contributed by atoms with van der Waals surface area (Å²) in [4.78, 5) is 7.90. The molecule has 3 atom stereocenters. The maximum absolute atomic E-state index is 4.60. The third-order valence-electron chi connectivity index (χ3n) is 5.88. The van der Waals surface area contributed by atoms with E-state index in [2.05, 4.69) is 49.2 Å². The van der Waals surface area contributed by atoms with Crippen LogP contribution in [-0.4, -0.2) is 16.0 Å². The molecule has 1 fully saturated rings. The molecule has 2 aromatic rings. The molecule has 0 amide bonds.